The summed E-state index contributed by atoms with van der Waals surface area (Å²) in [6.45, 7) is 3.30. The van der Waals surface area contributed by atoms with Gasteiger partial charge in [0.1, 0.15) is 11.5 Å². The number of nitrogens with zero attached hydrogens (tertiary/aromatic N) is 2. The molecule has 0 amide bonds. The number of hydrogen-bond acceptors (Lipinski definition) is 4. The number of likely N-dealkylation sites (tertiary alicyclic amines) is 1. The molecule has 1 saturated heterocycles. The maximum absolute atomic E-state index is 13.4. The van der Waals surface area contributed by atoms with Gasteiger partial charge < -0.3 is 10.2 Å². The monoisotopic (exact) mass is 281 g/mol. The van der Waals surface area contributed by atoms with Crippen molar-refractivity contribution >= 4 is 11.4 Å². The van der Waals surface area contributed by atoms with Crippen LogP contribution in [0.3, 0.4) is 0 Å². The molecule has 1 aliphatic rings. The molecule has 6 heteroatoms. The lowest BCUT2D eigenvalue weighted by atomic mass is 10.0. The van der Waals surface area contributed by atoms with Crippen LogP contribution in [0.2, 0.25) is 0 Å². The first kappa shape index (κ1) is 14.7. The van der Waals surface area contributed by atoms with E-state index in [1.807, 2.05) is 0 Å². The molecule has 20 heavy (non-hydrogen) atoms. The number of piperidine rings is 1. The molecule has 1 atom stereocenters. The van der Waals surface area contributed by atoms with Gasteiger partial charge in [0, 0.05) is 12.6 Å². The summed E-state index contributed by atoms with van der Waals surface area (Å²) in [6.07, 6.45) is 3.46. The number of anilines is 1. The number of nitrogens with one attached hydrogen (secondary N) is 1. The molecule has 1 N–H and O–H groups in total. The Labute approximate surface area is 117 Å². The number of benzene rings is 1. The lowest BCUT2D eigenvalue weighted by Gasteiger charge is -2.32. The number of rotatable bonds is 4. The second-order valence-corrected chi connectivity index (χ2v) is 5.39. The first-order valence-corrected chi connectivity index (χ1v) is 6.87. The summed E-state index contributed by atoms with van der Waals surface area (Å²) in [5.74, 6) is -0.544. The van der Waals surface area contributed by atoms with E-state index in [-0.39, 0.29) is 5.69 Å². The van der Waals surface area contributed by atoms with Gasteiger partial charge in [-0.25, -0.2) is 4.39 Å². The van der Waals surface area contributed by atoms with Crippen molar-refractivity contribution in [3.05, 3.63) is 33.6 Å². The second kappa shape index (κ2) is 6.17. The van der Waals surface area contributed by atoms with E-state index in [4.69, 9.17) is 0 Å². The van der Waals surface area contributed by atoms with Crippen LogP contribution in [0.4, 0.5) is 15.8 Å². The van der Waals surface area contributed by atoms with Crippen LogP contribution in [0.15, 0.2) is 12.1 Å². The van der Waals surface area contributed by atoms with Gasteiger partial charge in [0.15, 0.2) is 0 Å². The molecule has 0 radical (unpaired) electrons. The summed E-state index contributed by atoms with van der Waals surface area (Å²) in [5, 5.41) is 14.1. The second-order valence-electron chi connectivity index (χ2n) is 5.39. The molecule has 1 unspecified atom stereocenters. The summed E-state index contributed by atoms with van der Waals surface area (Å²) in [4.78, 5) is 12.7. The van der Waals surface area contributed by atoms with Crippen molar-refractivity contribution in [2.75, 3.05) is 25.5 Å². The van der Waals surface area contributed by atoms with Crippen molar-refractivity contribution in [1.82, 2.24) is 4.90 Å². The molecule has 1 aromatic carbocycles. The highest BCUT2D eigenvalue weighted by Gasteiger charge is 2.21. The Morgan fingerprint density at radius 1 is 1.50 bits per heavy atom. The molecule has 0 aliphatic carbocycles. The molecule has 1 fully saturated rings. The molecular weight excluding hydrogens is 261 g/mol. The number of halogens is 1. The molecule has 0 spiro atoms. The van der Waals surface area contributed by atoms with E-state index in [1.54, 1.807) is 6.92 Å². The van der Waals surface area contributed by atoms with Crippen molar-refractivity contribution in [2.24, 2.45) is 0 Å². The third kappa shape index (κ3) is 3.25. The number of aryl methyl sites for hydroxylation is 1. The SMILES string of the molecule is Cc1cc(NCC2CCCCN2C)c([N+](=O)[O-])cc1F. The highest BCUT2D eigenvalue weighted by Crippen LogP contribution is 2.28. The molecule has 0 saturated carbocycles. The van der Waals surface area contributed by atoms with Gasteiger partial charge in [-0.3, -0.25) is 10.1 Å². The fourth-order valence-electron chi connectivity index (χ4n) is 2.59. The van der Waals surface area contributed by atoms with Crippen molar-refractivity contribution < 1.29 is 9.31 Å². The molecule has 5 nitrogen and oxygen atoms in total. The van der Waals surface area contributed by atoms with Crippen LogP contribution in [-0.4, -0.2) is 36.0 Å². The van der Waals surface area contributed by atoms with E-state index in [2.05, 4.69) is 17.3 Å². The zero-order valence-corrected chi connectivity index (χ0v) is 11.9. The maximum atomic E-state index is 13.4. The summed E-state index contributed by atoms with van der Waals surface area (Å²) in [7, 11) is 2.07. The van der Waals surface area contributed by atoms with E-state index in [0.717, 1.165) is 19.0 Å². The Morgan fingerprint density at radius 3 is 2.90 bits per heavy atom. The number of nitro benzene ring substituents is 1. The third-order valence-corrected chi connectivity index (χ3v) is 3.92. The fourth-order valence-corrected chi connectivity index (χ4v) is 2.59. The minimum atomic E-state index is -0.546. The largest absolute Gasteiger partial charge is 0.378 e. The van der Waals surface area contributed by atoms with Crippen LogP contribution in [0.25, 0.3) is 0 Å². The molecular formula is C14H20FN3O2. The van der Waals surface area contributed by atoms with E-state index < -0.39 is 10.7 Å². The summed E-state index contributed by atoms with van der Waals surface area (Å²) in [6, 6.07) is 2.87. The first-order valence-electron chi connectivity index (χ1n) is 6.87. The number of hydrogen-bond donors (Lipinski definition) is 1. The average Bonchev–Trinajstić information content (AvgIpc) is 2.41. The van der Waals surface area contributed by atoms with Crippen LogP contribution in [0.5, 0.6) is 0 Å². The Balaban J connectivity index is 2.12. The predicted octanol–water partition coefficient (Wildman–Crippen LogP) is 2.94. The standard InChI is InChI=1S/C14H20FN3O2/c1-10-7-13(14(18(19)20)8-12(10)15)16-9-11-5-3-4-6-17(11)2/h7-8,11,16H,3-6,9H2,1-2H3. The third-order valence-electron chi connectivity index (χ3n) is 3.92. The Hall–Kier alpha value is -1.69. The van der Waals surface area contributed by atoms with Gasteiger partial charge in [-0.1, -0.05) is 6.42 Å². The molecule has 0 aromatic heterocycles. The summed E-state index contributed by atoms with van der Waals surface area (Å²) >= 11 is 0. The van der Waals surface area contributed by atoms with Gasteiger partial charge in [-0.15, -0.1) is 0 Å². The van der Waals surface area contributed by atoms with Crippen LogP contribution in [0.1, 0.15) is 24.8 Å². The topological polar surface area (TPSA) is 58.4 Å². The highest BCUT2D eigenvalue weighted by atomic mass is 19.1. The lowest BCUT2D eigenvalue weighted by molar-refractivity contribution is -0.384. The fraction of sp³-hybridized carbons (Fsp3) is 0.571. The van der Waals surface area contributed by atoms with Crippen LogP contribution >= 0.6 is 0 Å². The van der Waals surface area contributed by atoms with Crippen molar-refractivity contribution in [2.45, 2.75) is 32.2 Å². The summed E-state index contributed by atoms with van der Waals surface area (Å²) < 4.78 is 13.4. The average molecular weight is 281 g/mol. The Bertz CT molecular complexity index is 507. The van der Waals surface area contributed by atoms with Gasteiger partial charge in [0.2, 0.25) is 0 Å². The van der Waals surface area contributed by atoms with Gasteiger partial charge in [-0.2, -0.15) is 0 Å². The Kier molecular flexibility index (Phi) is 4.54. The van der Waals surface area contributed by atoms with Crippen molar-refractivity contribution in [3.63, 3.8) is 0 Å². The van der Waals surface area contributed by atoms with E-state index in [1.165, 1.54) is 18.9 Å². The predicted molar refractivity (Wildman–Crippen MR) is 76.6 cm³/mol. The zero-order chi connectivity index (χ0) is 14.7. The minimum absolute atomic E-state index is 0.202. The van der Waals surface area contributed by atoms with E-state index in [0.29, 0.717) is 23.8 Å². The normalized spacial score (nSPS) is 19.9. The van der Waals surface area contributed by atoms with Gasteiger partial charge in [0.25, 0.3) is 5.69 Å². The van der Waals surface area contributed by atoms with Crippen LogP contribution < -0.4 is 5.32 Å². The number of likely N-dealkylation sites (N-methyl/N-ethyl adjacent to an activating group) is 1. The maximum Gasteiger partial charge on any atom is 0.295 e. The smallest absolute Gasteiger partial charge is 0.295 e. The first-order chi connectivity index (χ1) is 9.49. The van der Waals surface area contributed by atoms with Crippen molar-refractivity contribution in [3.8, 4) is 0 Å². The van der Waals surface area contributed by atoms with Crippen LogP contribution in [-0.2, 0) is 0 Å². The van der Waals surface area contributed by atoms with Gasteiger partial charge in [0.05, 0.1) is 11.0 Å². The van der Waals surface area contributed by atoms with Crippen LogP contribution in [0, 0.1) is 22.9 Å². The van der Waals surface area contributed by atoms with Gasteiger partial charge >= 0.3 is 0 Å². The molecule has 1 heterocycles. The minimum Gasteiger partial charge on any atom is -0.378 e. The van der Waals surface area contributed by atoms with Gasteiger partial charge in [-0.05, 0) is 45.0 Å². The molecule has 2 rings (SSSR count). The highest BCUT2D eigenvalue weighted by molar-refractivity contribution is 5.63. The molecule has 110 valence electrons. The molecule has 1 aromatic rings. The summed E-state index contributed by atoms with van der Waals surface area (Å²) in [5.41, 5.74) is 0.606. The number of nitro groups is 1. The zero-order valence-electron chi connectivity index (χ0n) is 11.9. The Morgan fingerprint density at radius 2 is 2.25 bits per heavy atom. The molecule has 1 aliphatic heterocycles. The van der Waals surface area contributed by atoms with Crippen molar-refractivity contribution in [1.29, 1.82) is 0 Å². The van der Waals surface area contributed by atoms with E-state index >= 15 is 0 Å². The molecule has 0 bridgehead atoms. The quantitative estimate of drug-likeness (QED) is 0.681. The van der Waals surface area contributed by atoms with E-state index in [9.17, 15) is 14.5 Å². The lowest BCUT2D eigenvalue weighted by Crippen LogP contribution is -2.40.